The zero-order chi connectivity index (χ0) is 14.8. The fraction of sp³-hybridized carbons (Fsp3) is 0.250. The van der Waals surface area contributed by atoms with Crippen molar-refractivity contribution in [1.82, 2.24) is 5.32 Å². The third-order valence-corrected chi connectivity index (χ3v) is 3.48. The molecule has 1 N–H and O–H groups in total. The summed E-state index contributed by atoms with van der Waals surface area (Å²) in [7, 11) is 0. The molecule has 1 heterocycles. The van der Waals surface area contributed by atoms with Crippen LogP contribution in [0.1, 0.15) is 24.1 Å². The van der Waals surface area contributed by atoms with E-state index in [0.717, 1.165) is 5.56 Å². The Balaban J connectivity index is 1.70. The second-order valence-electron chi connectivity index (χ2n) is 4.93. The van der Waals surface area contributed by atoms with Crippen molar-refractivity contribution in [2.75, 3.05) is 6.79 Å². The molecule has 1 unspecified atom stereocenters. The molecule has 2 aromatic rings. The molecule has 0 saturated carbocycles. The standard InChI is InChI=1S/C16H15F2NO2/c1-10(16-12(17)3-2-4-13(16)18)19-8-11-5-6-14-15(7-11)21-9-20-14/h2-7,10,19H,8-9H2,1H3. The zero-order valence-corrected chi connectivity index (χ0v) is 11.5. The minimum atomic E-state index is -0.541. The molecular weight excluding hydrogens is 276 g/mol. The molecular formula is C16H15F2NO2. The van der Waals surface area contributed by atoms with Crippen molar-refractivity contribution in [2.45, 2.75) is 19.5 Å². The molecule has 110 valence electrons. The molecule has 3 nitrogen and oxygen atoms in total. The van der Waals surface area contributed by atoms with Crippen molar-refractivity contribution in [3.63, 3.8) is 0 Å². The molecule has 0 saturated heterocycles. The van der Waals surface area contributed by atoms with Crippen LogP contribution in [0, 0.1) is 11.6 Å². The van der Waals surface area contributed by atoms with Crippen molar-refractivity contribution in [3.05, 3.63) is 59.2 Å². The lowest BCUT2D eigenvalue weighted by Gasteiger charge is -2.16. The van der Waals surface area contributed by atoms with E-state index in [0.29, 0.717) is 18.0 Å². The minimum absolute atomic E-state index is 0.0539. The summed E-state index contributed by atoms with van der Waals surface area (Å²) in [5.74, 6) is 0.326. The van der Waals surface area contributed by atoms with Gasteiger partial charge in [-0.3, -0.25) is 0 Å². The van der Waals surface area contributed by atoms with Gasteiger partial charge in [-0.2, -0.15) is 0 Å². The van der Waals surface area contributed by atoms with Gasteiger partial charge in [0.15, 0.2) is 11.5 Å². The van der Waals surface area contributed by atoms with Crippen LogP contribution >= 0.6 is 0 Å². The Morgan fingerprint density at radius 3 is 2.57 bits per heavy atom. The highest BCUT2D eigenvalue weighted by Crippen LogP contribution is 2.32. The Morgan fingerprint density at radius 2 is 1.81 bits per heavy atom. The van der Waals surface area contributed by atoms with E-state index in [2.05, 4.69) is 5.32 Å². The van der Waals surface area contributed by atoms with Crippen LogP contribution in [-0.2, 0) is 6.54 Å². The maximum Gasteiger partial charge on any atom is 0.231 e. The van der Waals surface area contributed by atoms with E-state index in [4.69, 9.17) is 9.47 Å². The van der Waals surface area contributed by atoms with Crippen LogP contribution in [0.15, 0.2) is 36.4 Å². The average Bonchev–Trinajstić information content (AvgIpc) is 2.92. The second-order valence-corrected chi connectivity index (χ2v) is 4.93. The Kier molecular flexibility index (Phi) is 3.75. The van der Waals surface area contributed by atoms with Crippen molar-refractivity contribution >= 4 is 0 Å². The van der Waals surface area contributed by atoms with E-state index in [1.54, 1.807) is 6.92 Å². The summed E-state index contributed by atoms with van der Waals surface area (Å²) in [5, 5.41) is 3.11. The minimum Gasteiger partial charge on any atom is -0.454 e. The van der Waals surface area contributed by atoms with E-state index in [1.807, 2.05) is 18.2 Å². The van der Waals surface area contributed by atoms with E-state index in [-0.39, 0.29) is 12.4 Å². The summed E-state index contributed by atoms with van der Waals surface area (Å²) in [4.78, 5) is 0. The van der Waals surface area contributed by atoms with Crippen LogP contribution in [0.25, 0.3) is 0 Å². The second kappa shape index (κ2) is 5.69. The van der Waals surface area contributed by atoms with Crippen LogP contribution in [-0.4, -0.2) is 6.79 Å². The molecule has 1 atom stereocenters. The van der Waals surface area contributed by atoms with Gasteiger partial charge in [-0.05, 0) is 36.8 Å². The van der Waals surface area contributed by atoms with Crippen LogP contribution in [0.3, 0.4) is 0 Å². The number of benzene rings is 2. The highest BCUT2D eigenvalue weighted by atomic mass is 19.1. The summed E-state index contributed by atoms with van der Waals surface area (Å²) in [6, 6.07) is 9.03. The van der Waals surface area contributed by atoms with Crippen LogP contribution in [0.2, 0.25) is 0 Å². The van der Waals surface area contributed by atoms with Crippen LogP contribution < -0.4 is 14.8 Å². The number of hydrogen-bond donors (Lipinski definition) is 1. The molecule has 1 aliphatic rings. The van der Waals surface area contributed by atoms with E-state index < -0.39 is 17.7 Å². The normalized spacial score (nSPS) is 14.2. The monoisotopic (exact) mass is 291 g/mol. The average molecular weight is 291 g/mol. The molecule has 21 heavy (non-hydrogen) atoms. The fourth-order valence-electron chi connectivity index (χ4n) is 2.35. The Hall–Kier alpha value is -2.14. The molecule has 0 amide bonds. The first-order chi connectivity index (χ1) is 10.1. The van der Waals surface area contributed by atoms with Crippen LogP contribution in [0.4, 0.5) is 8.78 Å². The third kappa shape index (κ3) is 2.83. The van der Waals surface area contributed by atoms with E-state index >= 15 is 0 Å². The number of rotatable bonds is 4. The molecule has 2 aromatic carbocycles. The number of halogens is 2. The highest BCUT2D eigenvalue weighted by Gasteiger charge is 2.17. The van der Waals surface area contributed by atoms with Crippen molar-refractivity contribution in [3.8, 4) is 11.5 Å². The Morgan fingerprint density at radius 1 is 1.10 bits per heavy atom. The Labute approximate surface area is 121 Å². The topological polar surface area (TPSA) is 30.5 Å². The number of ether oxygens (including phenoxy) is 2. The molecule has 0 fully saturated rings. The molecule has 3 rings (SSSR count). The van der Waals surface area contributed by atoms with Gasteiger partial charge in [-0.15, -0.1) is 0 Å². The van der Waals surface area contributed by atoms with Gasteiger partial charge in [0.25, 0.3) is 0 Å². The summed E-state index contributed by atoms with van der Waals surface area (Å²) in [6.07, 6.45) is 0. The lowest BCUT2D eigenvalue weighted by Crippen LogP contribution is -2.20. The van der Waals surface area contributed by atoms with Gasteiger partial charge in [0.2, 0.25) is 6.79 Å². The first-order valence-electron chi connectivity index (χ1n) is 6.71. The van der Waals surface area contributed by atoms with Gasteiger partial charge >= 0.3 is 0 Å². The number of hydrogen-bond acceptors (Lipinski definition) is 3. The lowest BCUT2D eigenvalue weighted by atomic mass is 10.1. The summed E-state index contributed by atoms with van der Waals surface area (Å²) in [6.45, 7) is 2.43. The first-order valence-corrected chi connectivity index (χ1v) is 6.71. The smallest absolute Gasteiger partial charge is 0.231 e. The first kappa shape index (κ1) is 13.8. The molecule has 0 radical (unpaired) electrons. The van der Waals surface area contributed by atoms with Gasteiger partial charge in [0.05, 0.1) is 0 Å². The van der Waals surface area contributed by atoms with Gasteiger partial charge < -0.3 is 14.8 Å². The molecule has 5 heteroatoms. The summed E-state index contributed by atoms with van der Waals surface area (Å²) >= 11 is 0. The number of fused-ring (bicyclic) bond motifs is 1. The fourth-order valence-corrected chi connectivity index (χ4v) is 2.35. The van der Waals surface area contributed by atoms with Gasteiger partial charge in [-0.1, -0.05) is 12.1 Å². The van der Waals surface area contributed by atoms with Crippen molar-refractivity contribution in [2.24, 2.45) is 0 Å². The summed E-state index contributed by atoms with van der Waals surface area (Å²) < 4.78 is 37.9. The van der Waals surface area contributed by atoms with Crippen molar-refractivity contribution < 1.29 is 18.3 Å². The SMILES string of the molecule is CC(NCc1ccc2c(c1)OCO2)c1c(F)cccc1F. The lowest BCUT2D eigenvalue weighted by molar-refractivity contribution is 0.174. The Bertz CT molecular complexity index is 640. The third-order valence-electron chi connectivity index (χ3n) is 3.48. The predicted molar refractivity (Wildman–Crippen MR) is 74.2 cm³/mol. The van der Waals surface area contributed by atoms with E-state index in [9.17, 15) is 8.78 Å². The summed E-state index contributed by atoms with van der Waals surface area (Å²) in [5.41, 5.74) is 1.01. The largest absolute Gasteiger partial charge is 0.454 e. The molecule has 0 aromatic heterocycles. The van der Waals surface area contributed by atoms with Gasteiger partial charge in [0.1, 0.15) is 11.6 Å². The van der Waals surface area contributed by atoms with Gasteiger partial charge in [-0.25, -0.2) is 8.78 Å². The van der Waals surface area contributed by atoms with E-state index in [1.165, 1.54) is 18.2 Å². The van der Waals surface area contributed by atoms with Gasteiger partial charge in [0, 0.05) is 18.2 Å². The molecule has 0 aliphatic carbocycles. The molecule has 1 aliphatic heterocycles. The number of nitrogens with one attached hydrogen (secondary N) is 1. The molecule has 0 bridgehead atoms. The zero-order valence-electron chi connectivity index (χ0n) is 11.5. The maximum atomic E-state index is 13.7. The molecule has 0 spiro atoms. The highest BCUT2D eigenvalue weighted by molar-refractivity contribution is 5.44. The predicted octanol–water partition coefficient (Wildman–Crippen LogP) is 3.54. The quantitative estimate of drug-likeness (QED) is 0.934. The maximum absolute atomic E-state index is 13.7. The van der Waals surface area contributed by atoms with Crippen LogP contribution in [0.5, 0.6) is 11.5 Å². The van der Waals surface area contributed by atoms with Crippen molar-refractivity contribution in [1.29, 1.82) is 0 Å².